The van der Waals surface area contributed by atoms with Gasteiger partial charge in [-0.15, -0.1) is 0 Å². The molecule has 2 heteroatoms. The molecule has 1 fully saturated rings. The lowest BCUT2D eigenvalue weighted by atomic mass is 9.83. The number of benzene rings is 1. The minimum atomic E-state index is 0.411. The lowest BCUT2D eigenvalue weighted by molar-refractivity contribution is -0.120. The topological polar surface area (TPSA) is 26.3 Å². The van der Waals surface area contributed by atoms with Crippen molar-refractivity contribution in [2.75, 3.05) is 7.11 Å². The highest BCUT2D eigenvalue weighted by Crippen LogP contribution is 2.32. The molecule has 0 heterocycles. The van der Waals surface area contributed by atoms with Gasteiger partial charge in [-0.25, -0.2) is 0 Å². The Morgan fingerprint density at radius 2 is 2.00 bits per heavy atom. The number of hydrogen-bond acceptors (Lipinski definition) is 2. The van der Waals surface area contributed by atoms with Crippen molar-refractivity contribution in [3.8, 4) is 5.75 Å². The molecular formula is C13H16O2. The van der Waals surface area contributed by atoms with E-state index in [1.165, 1.54) is 5.56 Å². The van der Waals surface area contributed by atoms with Crippen molar-refractivity contribution in [1.82, 2.24) is 0 Å². The Bertz CT molecular complexity index is 347. The molecule has 2 rings (SSSR count). The van der Waals surface area contributed by atoms with Crippen molar-refractivity contribution in [2.24, 2.45) is 0 Å². The molecule has 1 aliphatic carbocycles. The predicted molar refractivity (Wildman–Crippen MR) is 59.2 cm³/mol. The molecule has 0 aliphatic heterocycles. The molecule has 15 heavy (non-hydrogen) atoms. The Balaban J connectivity index is 2.11. The normalized spacial score (nSPS) is 17.8. The number of carbonyl (C=O) groups excluding carboxylic acids is 1. The van der Waals surface area contributed by atoms with Gasteiger partial charge in [-0.1, -0.05) is 12.1 Å². The second-order valence-corrected chi connectivity index (χ2v) is 4.09. The van der Waals surface area contributed by atoms with Crippen LogP contribution in [0.3, 0.4) is 0 Å². The zero-order valence-electron chi connectivity index (χ0n) is 9.03. The van der Waals surface area contributed by atoms with Crippen LogP contribution in [0.15, 0.2) is 24.3 Å². The monoisotopic (exact) mass is 204 g/mol. The van der Waals surface area contributed by atoms with Crippen LogP contribution in [0, 0.1) is 0 Å². The van der Waals surface area contributed by atoms with E-state index in [2.05, 4.69) is 12.1 Å². The van der Waals surface area contributed by atoms with Crippen LogP contribution in [0.4, 0.5) is 0 Å². The molecule has 0 unspecified atom stereocenters. The molecule has 1 aromatic rings. The summed E-state index contributed by atoms with van der Waals surface area (Å²) in [5, 5.41) is 0. The zero-order chi connectivity index (χ0) is 10.7. The minimum Gasteiger partial charge on any atom is -0.497 e. The largest absolute Gasteiger partial charge is 0.497 e. The summed E-state index contributed by atoms with van der Waals surface area (Å²) in [5.74, 6) is 1.86. The summed E-state index contributed by atoms with van der Waals surface area (Å²) in [6, 6.07) is 8.19. The quantitative estimate of drug-likeness (QED) is 0.740. The second kappa shape index (κ2) is 4.47. The molecule has 2 nitrogen and oxygen atoms in total. The third-order valence-corrected chi connectivity index (χ3v) is 3.11. The van der Waals surface area contributed by atoms with Crippen molar-refractivity contribution >= 4 is 5.78 Å². The SMILES string of the molecule is COc1cccc(C2CCC(=O)CC2)c1. The third kappa shape index (κ3) is 2.38. The number of Topliss-reactive ketones (excluding diaryl/α,β-unsaturated/α-hetero) is 1. The van der Waals surface area contributed by atoms with Gasteiger partial charge in [0.1, 0.15) is 11.5 Å². The summed E-state index contributed by atoms with van der Waals surface area (Å²) in [4.78, 5) is 11.1. The smallest absolute Gasteiger partial charge is 0.132 e. The van der Waals surface area contributed by atoms with Gasteiger partial charge in [0.15, 0.2) is 0 Å². The summed E-state index contributed by atoms with van der Waals surface area (Å²) >= 11 is 0. The van der Waals surface area contributed by atoms with Gasteiger partial charge in [-0.2, -0.15) is 0 Å². The first-order valence-electron chi connectivity index (χ1n) is 5.45. The van der Waals surface area contributed by atoms with Gasteiger partial charge < -0.3 is 4.74 Å². The highest BCUT2D eigenvalue weighted by Gasteiger charge is 2.20. The lowest BCUT2D eigenvalue weighted by Crippen LogP contribution is -2.12. The Hall–Kier alpha value is -1.31. The molecule has 1 aliphatic rings. The molecule has 0 saturated heterocycles. The number of rotatable bonds is 2. The second-order valence-electron chi connectivity index (χ2n) is 4.09. The fourth-order valence-corrected chi connectivity index (χ4v) is 2.17. The Morgan fingerprint density at radius 1 is 1.27 bits per heavy atom. The van der Waals surface area contributed by atoms with Gasteiger partial charge in [0, 0.05) is 12.8 Å². The van der Waals surface area contributed by atoms with E-state index in [-0.39, 0.29) is 0 Å². The van der Waals surface area contributed by atoms with Gasteiger partial charge in [-0.05, 0) is 36.5 Å². The molecular weight excluding hydrogens is 188 g/mol. The van der Waals surface area contributed by atoms with Crippen LogP contribution in [-0.2, 0) is 4.79 Å². The summed E-state index contributed by atoms with van der Waals surface area (Å²) in [6.45, 7) is 0. The molecule has 0 radical (unpaired) electrons. The first-order chi connectivity index (χ1) is 7.29. The van der Waals surface area contributed by atoms with E-state index in [0.29, 0.717) is 11.7 Å². The first-order valence-corrected chi connectivity index (χ1v) is 5.45. The van der Waals surface area contributed by atoms with E-state index < -0.39 is 0 Å². The van der Waals surface area contributed by atoms with Crippen molar-refractivity contribution in [3.63, 3.8) is 0 Å². The predicted octanol–water partition coefficient (Wildman–Crippen LogP) is 2.92. The highest BCUT2D eigenvalue weighted by atomic mass is 16.5. The van der Waals surface area contributed by atoms with Crippen molar-refractivity contribution in [3.05, 3.63) is 29.8 Å². The molecule has 0 atom stereocenters. The summed E-state index contributed by atoms with van der Waals surface area (Å²) in [6.07, 6.45) is 3.46. The standard InChI is InChI=1S/C13H16O2/c1-15-13-4-2-3-11(9-13)10-5-7-12(14)8-6-10/h2-4,9-10H,5-8H2,1H3. The van der Waals surface area contributed by atoms with E-state index in [4.69, 9.17) is 4.74 Å². The molecule has 0 aromatic heterocycles. The van der Waals surface area contributed by atoms with Crippen molar-refractivity contribution < 1.29 is 9.53 Å². The Labute approximate surface area is 90.3 Å². The van der Waals surface area contributed by atoms with E-state index in [1.54, 1.807) is 7.11 Å². The van der Waals surface area contributed by atoms with E-state index in [9.17, 15) is 4.79 Å². The molecule has 1 saturated carbocycles. The van der Waals surface area contributed by atoms with Gasteiger partial charge in [0.25, 0.3) is 0 Å². The van der Waals surface area contributed by atoms with Gasteiger partial charge >= 0.3 is 0 Å². The highest BCUT2D eigenvalue weighted by molar-refractivity contribution is 5.79. The summed E-state index contributed by atoms with van der Waals surface area (Å²) < 4.78 is 5.20. The van der Waals surface area contributed by atoms with Crippen LogP contribution in [0.5, 0.6) is 5.75 Å². The first kappa shape index (κ1) is 10.2. The lowest BCUT2D eigenvalue weighted by Gasteiger charge is -2.21. The van der Waals surface area contributed by atoms with Crippen LogP contribution < -0.4 is 4.74 Å². The summed E-state index contributed by atoms with van der Waals surface area (Å²) in [7, 11) is 1.68. The maximum Gasteiger partial charge on any atom is 0.132 e. The van der Waals surface area contributed by atoms with Gasteiger partial charge in [0.05, 0.1) is 7.11 Å². The van der Waals surface area contributed by atoms with Gasteiger partial charge in [-0.3, -0.25) is 4.79 Å². The molecule has 0 N–H and O–H groups in total. The molecule has 0 spiro atoms. The number of carbonyl (C=O) groups is 1. The van der Waals surface area contributed by atoms with E-state index in [1.807, 2.05) is 12.1 Å². The number of methoxy groups -OCH3 is 1. The fourth-order valence-electron chi connectivity index (χ4n) is 2.17. The Morgan fingerprint density at radius 3 is 2.67 bits per heavy atom. The molecule has 1 aromatic carbocycles. The van der Waals surface area contributed by atoms with Gasteiger partial charge in [0.2, 0.25) is 0 Å². The average Bonchev–Trinajstić information content (AvgIpc) is 2.30. The average molecular weight is 204 g/mol. The van der Waals surface area contributed by atoms with Crippen LogP contribution in [0.2, 0.25) is 0 Å². The fraction of sp³-hybridized carbons (Fsp3) is 0.462. The zero-order valence-corrected chi connectivity index (χ0v) is 9.03. The van der Waals surface area contributed by atoms with Crippen molar-refractivity contribution in [2.45, 2.75) is 31.6 Å². The van der Waals surface area contributed by atoms with Crippen LogP contribution in [-0.4, -0.2) is 12.9 Å². The molecule has 0 bridgehead atoms. The van der Waals surface area contributed by atoms with Crippen LogP contribution >= 0.6 is 0 Å². The summed E-state index contributed by atoms with van der Waals surface area (Å²) in [5.41, 5.74) is 1.31. The van der Waals surface area contributed by atoms with E-state index >= 15 is 0 Å². The Kier molecular flexibility index (Phi) is 3.05. The van der Waals surface area contributed by atoms with E-state index in [0.717, 1.165) is 31.4 Å². The molecule has 0 amide bonds. The van der Waals surface area contributed by atoms with Crippen LogP contribution in [0.25, 0.3) is 0 Å². The van der Waals surface area contributed by atoms with Crippen LogP contribution in [0.1, 0.15) is 37.2 Å². The number of hydrogen-bond donors (Lipinski definition) is 0. The maximum atomic E-state index is 11.1. The maximum absolute atomic E-state index is 11.1. The molecule has 80 valence electrons. The number of ketones is 1. The van der Waals surface area contributed by atoms with Crippen molar-refractivity contribution in [1.29, 1.82) is 0 Å². The number of ether oxygens (including phenoxy) is 1. The third-order valence-electron chi connectivity index (χ3n) is 3.11. The minimum absolute atomic E-state index is 0.411.